The van der Waals surface area contributed by atoms with Gasteiger partial charge in [-0.2, -0.15) is 0 Å². The predicted molar refractivity (Wildman–Crippen MR) is 132 cm³/mol. The highest BCUT2D eigenvalue weighted by molar-refractivity contribution is 8.60. The monoisotopic (exact) mass is 404 g/mol. The Morgan fingerprint density at radius 2 is 0.704 bits per heavy atom. The second kappa shape index (κ2) is 13.5. The van der Waals surface area contributed by atoms with E-state index in [-0.39, 0.29) is 0 Å². The summed E-state index contributed by atoms with van der Waals surface area (Å²) in [6, 6.07) is 0. The fourth-order valence-corrected chi connectivity index (χ4v) is 9.76. The molecule has 0 spiro atoms. The van der Waals surface area contributed by atoms with Crippen LogP contribution in [0.25, 0.3) is 0 Å². The summed E-state index contributed by atoms with van der Waals surface area (Å²) in [6.07, 6.45) is 23.5. The van der Waals surface area contributed by atoms with Gasteiger partial charge in [-0.1, -0.05) is 111 Å². The molecular formula is C25H56OS. The van der Waals surface area contributed by atoms with Crippen LogP contribution in [-0.4, -0.2) is 33.8 Å². The molecule has 0 aromatic rings. The van der Waals surface area contributed by atoms with Crippen molar-refractivity contribution in [3.63, 3.8) is 0 Å². The van der Waals surface area contributed by atoms with E-state index in [1.54, 1.807) is 0 Å². The molecule has 0 rings (SSSR count). The van der Waals surface area contributed by atoms with Gasteiger partial charge in [0.25, 0.3) is 0 Å². The molecule has 2 heteroatoms. The fraction of sp³-hybridized carbons (Fsp3) is 1.00. The standard InChI is InChI=1S/C25H56OS/c1-6-10-13-16-18-21-24-27(5,26,9-4,23-20-15-12-8-3)25-22-19-17-14-11-7-2/h26H,6-25H2,1-5H3. The molecule has 0 aromatic heterocycles. The van der Waals surface area contributed by atoms with E-state index in [2.05, 4.69) is 34.0 Å². The second-order valence-corrected chi connectivity index (χ2v) is 18.0. The molecule has 0 aliphatic heterocycles. The molecule has 0 aliphatic carbocycles. The highest BCUT2D eigenvalue weighted by Crippen LogP contribution is 2.84. The lowest BCUT2D eigenvalue weighted by molar-refractivity contribution is 0.546. The summed E-state index contributed by atoms with van der Waals surface area (Å²) >= 11 is 0. The average molecular weight is 405 g/mol. The van der Waals surface area contributed by atoms with Gasteiger partial charge in [-0.3, -0.25) is 0 Å². The summed E-state index contributed by atoms with van der Waals surface area (Å²) in [5.74, 6) is 4.36. The number of hydrogen-bond donors (Lipinski definition) is 1. The Morgan fingerprint density at radius 3 is 1.00 bits per heavy atom. The first-order chi connectivity index (χ1) is 12.8. The third-order valence-electron chi connectivity index (χ3n) is 7.21. The Kier molecular flexibility index (Phi) is 13.7. The quantitative estimate of drug-likeness (QED) is 0.200. The van der Waals surface area contributed by atoms with Crippen LogP contribution in [0.4, 0.5) is 0 Å². The highest BCUT2D eigenvalue weighted by atomic mass is 32.4. The average Bonchev–Trinajstić information content (AvgIpc) is 2.66. The minimum absolute atomic E-state index is 1.02. The molecule has 0 atom stereocenters. The predicted octanol–water partition coefficient (Wildman–Crippen LogP) is 9.29. The van der Waals surface area contributed by atoms with Gasteiger partial charge in [-0.15, -0.1) is 0 Å². The molecule has 1 N–H and O–H groups in total. The smallest absolute Gasteiger partial charge is 0.0161 e. The first kappa shape index (κ1) is 27.3. The summed E-state index contributed by atoms with van der Waals surface area (Å²) in [5, 5.41) is 0. The molecule has 0 saturated carbocycles. The van der Waals surface area contributed by atoms with Crippen molar-refractivity contribution in [1.82, 2.24) is 0 Å². The molecule has 0 unspecified atom stereocenters. The van der Waals surface area contributed by atoms with Crippen molar-refractivity contribution in [3.05, 3.63) is 0 Å². The molecule has 0 aliphatic rings. The SMILES string of the molecule is CCCCCCCCS(C)(O)(CC)(CCCCCC)CCCCCCCC. The van der Waals surface area contributed by atoms with Gasteiger partial charge in [-0.25, -0.2) is 8.58 Å². The molecule has 0 radical (unpaired) electrons. The molecule has 0 fully saturated rings. The first-order valence-electron chi connectivity index (χ1n) is 12.6. The Morgan fingerprint density at radius 1 is 0.444 bits per heavy atom. The molecular weight excluding hydrogens is 348 g/mol. The molecule has 0 saturated heterocycles. The Hall–Kier alpha value is 0.310. The van der Waals surface area contributed by atoms with Gasteiger partial charge in [0.2, 0.25) is 0 Å². The van der Waals surface area contributed by atoms with Gasteiger partial charge >= 0.3 is 0 Å². The van der Waals surface area contributed by atoms with Crippen LogP contribution < -0.4 is 0 Å². The molecule has 0 heterocycles. The largest absolute Gasteiger partial charge is 0.367 e. The minimum Gasteiger partial charge on any atom is -0.367 e. The van der Waals surface area contributed by atoms with Gasteiger partial charge in [0.05, 0.1) is 0 Å². The van der Waals surface area contributed by atoms with Gasteiger partial charge in [-0.05, 0) is 48.5 Å². The van der Waals surface area contributed by atoms with Crippen LogP contribution in [0.1, 0.15) is 130 Å². The summed E-state index contributed by atoms with van der Waals surface area (Å²) in [5.41, 5.74) is 0. The fourth-order valence-electron chi connectivity index (χ4n) is 4.58. The van der Waals surface area contributed by atoms with Crippen molar-refractivity contribution in [2.45, 2.75) is 130 Å². The Balaban J connectivity index is 4.79. The van der Waals surface area contributed by atoms with E-state index in [0.29, 0.717) is 0 Å². The lowest BCUT2D eigenvalue weighted by atomic mass is 10.1. The van der Waals surface area contributed by atoms with E-state index in [9.17, 15) is 4.55 Å². The zero-order valence-corrected chi connectivity index (χ0v) is 20.8. The lowest BCUT2D eigenvalue weighted by Crippen LogP contribution is -2.46. The van der Waals surface area contributed by atoms with Crippen LogP contribution in [0.3, 0.4) is 0 Å². The summed E-state index contributed by atoms with van der Waals surface area (Å²) in [7, 11) is -2.90. The van der Waals surface area contributed by atoms with E-state index in [1.807, 2.05) is 0 Å². The van der Waals surface area contributed by atoms with Gasteiger partial charge in [0, 0.05) is 0 Å². The van der Waals surface area contributed by atoms with Crippen molar-refractivity contribution >= 4 is 8.58 Å². The van der Waals surface area contributed by atoms with Crippen LogP contribution in [0, 0.1) is 0 Å². The van der Waals surface area contributed by atoms with Gasteiger partial charge in [0.1, 0.15) is 0 Å². The molecule has 0 bridgehead atoms. The van der Waals surface area contributed by atoms with Crippen LogP contribution in [0.15, 0.2) is 0 Å². The summed E-state index contributed by atoms with van der Waals surface area (Å²) < 4.78 is 12.5. The van der Waals surface area contributed by atoms with E-state index in [0.717, 1.165) is 23.0 Å². The summed E-state index contributed by atoms with van der Waals surface area (Å²) in [4.78, 5) is 0. The third kappa shape index (κ3) is 11.8. The van der Waals surface area contributed by atoms with E-state index < -0.39 is 8.58 Å². The number of hydrogen-bond acceptors (Lipinski definition) is 1. The van der Waals surface area contributed by atoms with E-state index >= 15 is 0 Å². The summed E-state index contributed by atoms with van der Waals surface area (Å²) in [6.45, 7) is 9.16. The van der Waals surface area contributed by atoms with Gasteiger partial charge < -0.3 is 4.55 Å². The van der Waals surface area contributed by atoms with Crippen LogP contribution in [0.2, 0.25) is 0 Å². The van der Waals surface area contributed by atoms with Crippen LogP contribution >= 0.6 is 8.58 Å². The molecule has 27 heavy (non-hydrogen) atoms. The molecule has 0 amide bonds. The minimum atomic E-state index is -2.90. The van der Waals surface area contributed by atoms with Crippen molar-refractivity contribution in [3.8, 4) is 0 Å². The van der Waals surface area contributed by atoms with E-state index in [1.165, 1.54) is 103 Å². The maximum absolute atomic E-state index is 12.5. The topological polar surface area (TPSA) is 20.2 Å². The third-order valence-corrected chi connectivity index (χ3v) is 14.5. The van der Waals surface area contributed by atoms with Crippen molar-refractivity contribution in [2.24, 2.45) is 0 Å². The maximum atomic E-state index is 12.5. The Labute approximate surface area is 172 Å². The zero-order chi connectivity index (χ0) is 20.6. The van der Waals surface area contributed by atoms with Crippen molar-refractivity contribution < 1.29 is 4.55 Å². The second-order valence-electron chi connectivity index (χ2n) is 10.1. The zero-order valence-electron chi connectivity index (χ0n) is 20.0. The molecule has 0 aromatic carbocycles. The van der Waals surface area contributed by atoms with Crippen LogP contribution in [-0.2, 0) is 0 Å². The molecule has 1 nitrogen and oxygen atoms in total. The van der Waals surface area contributed by atoms with Gasteiger partial charge in [0.15, 0.2) is 0 Å². The number of rotatable bonds is 20. The normalized spacial score (nSPS) is 14.9. The first-order valence-corrected chi connectivity index (χ1v) is 16.1. The Bertz CT molecular complexity index is 341. The number of unbranched alkanes of at least 4 members (excludes halogenated alkanes) is 13. The highest BCUT2D eigenvalue weighted by Gasteiger charge is 2.50. The van der Waals surface area contributed by atoms with E-state index in [4.69, 9.17) is 0 Å². The van der Waals surface area contributed by atoms with Crippen molar-refractivity contribution in [1.29, 1.82) is 0 Å². The van der Waals surface area contributed by atoms with Crippen LogP contribution in [0.5, 0.6) is 0 Å². The van der Waals surface area contributed by atoms with Crippen molar-refractivity contribution in [2.75, 3.05) is 29.3 Å². The maximum Gasteiger partial charge on any atom is -0.0161 e. The molecule has 168 valence electrons. The lowest BCUT2D eigenvalue weighted by Gasteiger charge is -2.74.